The first-order valence-electron chi connectivity index (χ1n) is 9.50. The molecule has 138 valence electrons. The van der Waals surface area contributed by atoms with Crippen LogP contribution in [0, 0.1) is 5.92 Å². The molecule has 27 heavy (non-hydrogen) atoms. The van der Waals surface area contributed by atoms with Gasteiger partial charge in [-0.2, -0.15) is 0 Å². The quantitative estimate of drug-likeness (QED) is 0.732. The van der Waals surface area contributed by atoms with E-state index >= 15 is 0 Å². The van der Waals surface area contributed by atoms with Crippen molar-refractivity contribution in [2.75, 3.05) is 19.6 Å². The number of aromatic nitrogens is 1. The SMILES string of the molecule is O=C(O)C1CCCN(C/C=C/c2cc3ccccc3n2-c2ccccc2)C1. The number of benzene rings is 2. The number of carbonyl (C=O) groups is 1. The molecule has 4 heteroatoms. The molecule has 1 atom stereocenters. The molecule has 0 spiro atoms. The van der Waals surface area contributed by atoms with Crippen molar-refractivity contribution in [1.29, 1.82) is 0 Å². The Kier molecular flexibility index (Phi) is 5.07. The predicted octanol–water partition coefficient (Wildman–Crippen LogP) is 4.44. The summed E-state index contributed by atoms with van der Waals surface area (Å²) in [5.74, 6) is -0.907. The van der Waals surface area contributed by atoms with Gasteiger partial charge in [0.2, 0.25) is 0 Å². The molecular weight excluding hydrogens is 336 g/mol. The van der Waals surface area contributed by atoms with E-state index in [4.69, 9.17) is 0 Å². The van der Waals surface area contributed by atoms with Gasteiger partial charge in [0.1, 0.15) is 0 Å². The number of piperidine rings is 1. The smallest absolute Gasteiger partial charge is 0.307 e. The summed E-state index contributed by atoms with van der Waals surface area (Å²) in [4.78, 5) is 13.5. The third-order valence-corrected chi connectivity index (χ3v) is 5.26. The van der Waals surface area contributed by atoms with Gasteiger partial charge in [0.25, 0.3) is 0 Å². The number of carboxylic acids is 1. The average Bonchev–Trinajstić information content (AvgIpc) is 3.07. The standard InChI is InChI=1S/C23H24N2O2/c26-23(27)19-9-6-14-24(17-19)15-7-12-21-16-18-8-4-5-13-22(18)25(21)20-10-2-1-3-11-20/h1-5,7-8,10-13,16,19H,6,9,14-15,17H2,(H,26,27)/b12-7+. The number of aliphatic carboxylic acids is 1. The largest absolute Gasteiger partial charge is 0.481 e. The molecule has 2 aromatic carbocycles. The van der Waals surface area contributed by atoms with Crippen LogP contribution in [0.2, 0.25) is 0 Å². The summed E-state index contributed by atoms with van der Waals surface area (Å²) in [5, 5.41) is 10.5. The fourth-order valence-corrected chi connectivity index (χ4v) is 3.91. The molecule has 1 unspecified atom stereocenters. The topological polar surface area (TPSA) is 45.5 Å². The number of carboxylic acid groups (broad SMARTS) is 1. The number of hydrogen-bond donors (Lipinski definition) is 1. The van der Waals surface area contributed by atoms with Crippen molar-refractivity contribution in [3.63, 3.8) is 0 Å². The second kappa shape index (κ2) is 7.80. The molecule has 1 aliphatic heterocycles. The summed E-state index contributed by atoms with van der Waals surface area (Å²) in [6.45, 7) is 2.39. The summed E-state index contributed by atoms with van der Waals surface area (Å²) in [6.07, 6.45) is 6.04. The normalized spacial score (nSPS) is 18.3. The lowest BCUT2D eigenvalue weighted by atomic mass is 9.98. The van der Waals surface area contributed by atoms with Crippen molar-refractivity contribution in [1.82, 2.24) is 9.47 Å². The molecule has 2 heterocycles. The maximum Gasteiger partial charge on any atom is 0.307 e. The van der Waals surface area contributed by atoms with Crippen molar-refractivity contribution < 1.29 is 9.90 Å². The molecule has 0 bridgehead atoms. The van der Waals surface area contributed by atoms with Gasteiger partial charge >= 0.3 is 5.97 Å². The highest BCUT2D eigenvalue weighted by Crippen LogP contribution is 2.25. The number of para-hydroxylation sites is 2. The minimum Gasteiger partial charge on any atom is -0.481 e. The van der Waals surface area contributed by atoms with Crippen molar-refractivity contribution >= 4 is 22.9 Å². The molecule has 0 radical (unpaired) electrons. The van der Waals surface area contributed by atoms with Gasteiger partial charge in [-0.25, -0.2) is 0 Å². The molecule has 1 aromatic heterocycles. The molecule has 0 aliphatic carbocycles. The van der Waals surface area contributed by atoms with E-state index in [-0.39, 0.29) is 5.92 Å². The van der Waals surface area contributed by atoms with E-state index < -0.39 is 5.97 Å². The summed E-state index contributed by atoms with van der Waals surface area (Å²) in [7, 11) is 0. The fourth-order valence-electron chi connectivity index (χ4n) is 3.91. The molecule has 4 rings (SSSR count). The number of fused-ring (bicyclic) bond motifs is 1. The maximum absolute atomic E-state index is 11.2. The monoisotopic (exact) mass is 360 g/mol. The molecule has 4 nitrogen and oxygen atoms in total. The van der Waals surface area contributed by atoms with Crippen LogP contribution >= 0.6 is 0 Å². The van der Waals surface area contributed by atoms with Gasteiger partial charge in [0.15, 0.2) is 0 Å². The number of nitrogens with zero attached hydrogens (tertiary/aromatic N) is 2. The second-order valence-corrected chi connectivity index (χ2v) is 7.14. The zero-order valence-electron chi connectivity index (χ0n) is 15.3. The van der Waals surface area contributed by atoms with Crippen LogP contribution in [0.15, 0.2) is 66.7 Å². The summed E-state index contributed by atoms with van der Waals surface area (Å²) in [6, 6.07) is 21.0. The predicted molar refractivity (Wildman–Crippen MR) is 109 cm³/mol. The van der Waals surface area contributed by atoms with Crippen LogP contribution < -0.4 is 0 Å². The van der Waals surface area contributed by atoms with Crippen LogP contribution in [0.1, 0.15) is 18.5 Å². The molecular formula is C23H24N2O2. The van der Waals surface area contributed by atoms with Gasteiger partial charge in [-0.05, 0) is 49.7 Å². The van der Waals surface area contributed by atoms with Gasteiger partial charge in [0, 0.05) is 29.9 Å². The Morgan fingerprint density at radius 2 is 1.89 bits per heavy atom. The van der Waals surface area contributed by atoms with Crippen LogP contribution in [0.5, 0.6) is 0 Å². The Labute approximate surface area is 159 Å². The maximum atomic E-state index is 11.2. The van der Waals surface area contributed by atoms with Crippen LogP contribution in [0.3, 0.4) is 0 Å². The second-order valence-electron chi connectivity index (χ2n) is 7.14. The van der Waals surface area contributed by atoms with E-state index in [0.717, 1.165) is 37.3 Å². The first-order valence-corrected chi connectivity index (χ1v) is 9.50. The molecule has 1 aliphatic rings. The molecule has 1 N–H and O–H groups in total. The first kappa shape index (κ1) is 17.6. The van der Waals surface area contributed by atoms with E-state index in [1.807, 2.05) is 6.07 Å². The molecule has 0 amide bonds. The molecule has 1 fully saturated rings. The van der Waals surface area contributed by atoms with Crippen molar-refractivity contribution in [2.45, 2.75) is 12.8 Å². The van der Waals surface area contributed by atoms with E-state index in [9.17, 15) is 9.90 Å². The lowest BCUT2D eigenvalue weighted by molar-refractivity contribution is -0.143. The number of likely N-dealkylation sites (tertiary alicyclic amines) is 1. The Hall–Kier alpha value is -2.85. The Bertz CT molecular complexity index is 959. The lowest BCUT2D eigenvalue weighted by Crippen LogP contribution is -2.38. The Morgan fingerprint density at radius 3 is 2.70 bits per heavy atom. The summed E-state index contributed by atoms with van der Waals surface area (Å²) < 4.78 is 2.27. The van der Waals surface area contributed by atoms with E-state index in [1.54, 1.807) is 0 Å². The summed E-state index contributed by atoms with van der Waals surface area (Å²) >= 11 is 0. The lowest BCUT2D eigenvalue weighted by Gasteiger charge is -2.29. The van der Waals surface area contributed by atoms with Gasteiger partial charge in [-0.1, -0.05) is 42.5 Å². The highest BCUT2D eigenvalue weighted by molar-refractivity contribution is 5.85. The zero-order valence-corrected chi connectivity index (χ0v) is 15.3. The Morgan fingerprint density at radius 1 is 1.11 bits per heavy atom. The number of hydrogen-bond acceptors (Lipinski definition) is 2. The minimum atomic E-state index is -0.673. The highest BCUT2D eigenvalue weighted by atomic mass is 16.4. The van der Waals surface area contributed by atoms with Gasteiger partial charge in [-0.3, -0.25) is 9.69 Å². The number of rotatable bonds is 5. The minimum absolute atomic E-state index is 0.233. The van der Waals surface area contributed by atoms with Crippen molar-refractivity contribution in [3.8, 4) is 5.69 Å². The van der Waals surface area contributed by atoms with Gasteiger partial charge in [-0.15, -0.1) is 0 Å². The summed E-state index contributed by atoms with van der Waals surface area (Å²) in [5.41, 5.74) is 3.46. The van der Waals surface area contributed by atoms with Crippen LogP contribution in [0.4, 0.5) is 0 Å². The third kappa shape index (κ3) is 3.81. The molecule has 1 saturated heterocycles. The van der Waals surface area contributed by atoms with Crippen molar-refractivity contribution in [3.05, 3.63) is 72.4 Å². The van der Waals surface area contributed by atoms with Gasteiger partial charge in [0.05, 0.1) is 11.4 Å². The average molecular weight is 360 g/mol. The zero-order chi connectivity index (χ0) is 18.6. The van der Waals surface area contributed by atoms with Crippen LogP contribution in [0.25, 0.3) is 22.7 Å². The van der Waals surface area contributed by atoms with Crippen molar-refractivity contribution in [2.24, 2.45) is 5.92 Å². The van der Waals surface area contributed by atoms with Crippen LogP contribution in [-0.2, 0) is 4.79 Å². The van der Waals surface area contributed by atoms with Crippen LogP contribution in [-0.4, -0.2) is 40.2 Å². The van der Waals surface area contributed by atoms with Gasteiger partial charge < -0.3 is 9.67 Å². The third-order valence-electron chi connectivity index (χ3n) is 5.26. The Balaban J connectivity index is 1.58. The van der Waals surface area contributed by atoms with E-state index in [0.29, 0.717) is 6.54 Å². The van der Waals surface area contributed by atoms with E-state index in [2.05, 4.69) is 76.2 Å². The first-order chi connectivity index (χ1) is 13.2. The molecule has 3 aromatic rings. The molecule has 0 saturated carbocycles. The fraction of sp³-hybridized carbons (Fsp3) is 0.261. The van der Waals surface area contributed by atoms with E-state index in [1.165, 1.54) is 10.9 Å². The highest BCUT2D eigenvalue weighted by Gasteiger charge is 2.24.